The Morgan fingerprint density at radius 2 is 1.80 bits per heavy atom. The molecule has 0 saturated heterocycles. The summed E-state index contributed by atoms with van der Waals surface area (Å²) in [5.74, 6) is 0.833. The smallest absolute Gasteiger partial charge is 0.252 e. The Morgan fingerprint density at radius 3 is 2.49 bits per heavy atom. The molecule has 7 nitrogen and oxygen atoms in total. The molecule has 0 spiro atoms. The molecule has 2 aromatic carbocycles. The van der Waals surface area contributed by atoms with Crippen molar-refractivity contribution in [1.29, 1.82) is 0 Å². The summed E-state index contributed by atoms with van der Waals surface area (Å²) in [5, 5.41) is 13.9. The first-order valence-corrected chi connectivity index (χ1v) is 12.4. The second-order valence-corrected chi connectivity index (χ2v) is 10.5. The van der Waals surface area contributed by atoms with Crippen molar-refractivity contribution < 1.29 is 0 Å². The Kier molecular flexibility index (Phi) is 7.17. The number of rotatable bonds is 8. The Labute approximate surface area is 207 Å². The Bertz CT molecular complexity index is 1350. The van der Waals surface area contributed by atoms with Gasteiger partial charge in [0, 0.05) is 29.6 Å². The van der Waals surface area contributed by atoms with Crippen LogP contribution in [0.15, 0.2) is 53.3 Å². The van der Waals surface area contributed by atoms with Crippen LogP contribution in [0.5, 0.6) is 0 Å². The summed E-state index contributed by atoms with van der Waals surface area (Å²) in [4.78, 5) is 18.7. The van der Waals surface area contributed by atoms with Gasteiger partial charge in [-0.05, 0) is 80.3 Å². The minimum absolute atomic E-state index is 0.0383. The van der Waals surface area contributed by atoms with Crippen LogP contribution in [-0.2, 0) is 18.6 Å². The monoisotopic (exact) mass is 472 g/mol. The summed E-state index contributed by atoms with van der Waals surface area (Å²) >= 11 is 0. The van der Waals surface area contributed by atoms with Crippen LogP contribution in [0.4, 0.5) is 0 Å². The fourth-order valence-corrected chi connectivity index (χ4v) is 4.77. The quantitative estimate of drug-likeness (QED) is 0.370. The SMILES string of the molecule is CCCC(c1nnnn1C(C)(C)C)N(Cc1ccccc1)Cc1cc2c(C)cc(C)cc2[nH]c1=O. The van der Waals surface area contributed by atoms with Gasteiger partial charge >= 0.3 is 0 Å². The molecule has 35 heavy (non-hydrogen) atoms. The summed E-state index contributed by atoms with van der Waals surface area (Å²) in [5.41, 5.74) is 4.82. The number of nitrogens with zero attached hydrogens (tertiary/aromatic N) is 5. The highest BCUT2D eigenvalue weighted by molar-refractivity contribution is 5.83. The number of hydrogen-bond acceptors (Lipinski definition) is 5. The summed E-state index contributed by atoms with van der Waals surface area (Å²) < 4.78 is 1.92. The van der Waals surface area contributed by atoms with Gasteiger partial charge < -0.3 is 4.98 Å². The predicted molar refractivity (Wildman–Crippen MR) is 140 cm³/mol. The lowest BCUT2D eigenvalue weighted by atomic mass is 10.0. The number of nitrogens with one attached hydrogen (secondary N) is 1. The Morgan fingerprint density at radius 1 is 1.06 bits per heavy atom. The van der Waals surface area contributed by atoms with Crippen molar-refractivity contribution >= 4 is 10.9 Å². The lowest BCUT2D eigenvalue weighted by Gasteiger charge is -2.33. The van der Waals surface area contributed by atoms with E-state index >= 15 is 0 Å². The number of aryl methyl sites for hydroxylation is 2. The van der Waals surface area contributed by atoms with E-state index in [0.717, 1.165) is 46.3 Å². The van der Waals surface area contributed by atoms with Crippen molar-refractivity contribution in [3.63, 3.8) is 0 Å². The zero-order valence-corrected chi connectivity index (χ0v) is 21.7. The van der Waals surface area contributed by atoms with E-state index in [2.05, 4.69) is 103 Å². The first-order valence-electron chi connectivity index (χ1n) is 12.4. The highest BCUT2D eigenvalue weighted by Gasteiger charge is 2.30. The number of fused-ring (bicyclic) bond motifs is 1. The van der Waals surface area contributed by atoms with E-state index in [1.54, 1.807) is 0 Å². The third-order valence-electron chi connectivity index (χ3n) is 6.42. The Hall–Kier alpha value is -3.32. The number of pyridine rings is 1. The zero-order chi connectivity index (χ0) is 25.2. The fraction of sp³-hybridized carbons (Fsp3) is 0.429. The van der Waals surface area contributed by atoms with Gasteiger partial charge in [0.2, 0.25) is 0 Å². The van der Waals surface area contributed by atoms with Crippen LogP contribution in [0.3, 0.4) is 0 Å². The second kappa shape index (κ2) is 10.1. The van der Waals surface area contributed by atoms with E-state index in [0.29, 0.717) is 13.1 Å². The van der Waals surface area contributed by atoms with Crippen LogP contribution in [0, 0.1) is 13.8 Å². The molecular weight excluding hydrogens is 436 g/mol. The number of aromatic amines is 1. The van der Waals surface area contributed by atoms with E-state index in [4.69, 9.17) is 0 Å². The molecule has 0 aliphatic heterocycles. The number of tetrazole rings is 1. The molecule has 0 aliphatic rings. The summed E-state index contributed by atoms with van der Waals surface area (Å²) in [7, 11) is 0. The third-order valence-corrected chi connectivity index (χ3v) is 6.42. The van der Waals surface area contributed by atoms with Crippen molar-refractivity contribution in [2.75, 3.05) is 0 Å². The van der Waals surface area contributed by atoms with Crippen LogP contribution in [-0.4, -0.2) is 30.1 Å². The molecule has 7 heteroatoms. The second-order valence-electron chi connectivity index (χ2n) is 10.5. The number of aromatic nitrogens is 5. The third kappa shape index (κ3) is 5.51. The molecule has 2 aromatic heterocycles. The molecule has 0 aliphatic carbocycles. The predicted octanol–water partition coefficient (Wildman–Crippen LogP) is 5.43. The molecule has 0 fully saturated rings. The molecule has 2 heterocycles. The van der Waals surface area contributed by atoms with E-state index in [1.165, 1.54) is 5.56 Å². The van der Waals surface area contributed by atoms with E-state index in [9.17, 15) is 4.79 Å². The van der Waals surface area contributed by atoms with Crippen LogP contribution in [0.1, 0.15) is 74.7 Å². The highest BCUT2D eigenvalue weighted by Crippen LogP contribution is 2.30. The highest BCUT2D eigenvalue weighted by atomic mass is 16.1. The lowest BCUT2D eigenvalue weighted by Crippen LogP contribution is -2.35. The average molecular weight is 473 g/mol. The van der Waals surface area contributed by atoms with Gasteiger partial charge in [-0.3, -0.25) is 9.69 Å². The van der Waals surface area contributed by atoms with Crippen molar-refractivity contribution in [3.8, 4) is 0 Å². The van der Waals surface area contributed by atoms with Gasteiger partial charge in [-0.25, -0.2) is 4.68 Å². The molecular formula is C28H36N6O. The van der Waals surface area contributed by atoms with Gasteiger partial charge in [0.15, 0.2) is 5.82 Å². The van der Waals surface area contributed by atoms with Crippen LogP contribution < -0.4 is 5.56 Å². The van der Waals surface area contributed by atoms with Crippen molar-refractivity contribution in [2.24, 2.45) is 0 Å². The van der Waals surface area contributed by atoms with Crippen LogP contribution >= 0.6 is 0 Å². The van der Waals surface area contributed by atoms with E-state index in [-0.39, 0.29) is 17.1 Å². The first-order chi connectivity index (χ1) is 16.7. The van der Waals surface area contributed by atoms with Crippen LogP contribution in [0.25, 0.3) is 10.9 Å². The normalized spacial score (nSPS) is 13.0. The van der Waals surface area contributed by atoms with E-state index < -0.39 is 0 Å². The molecule has 0 radical (unpaired) electrons. The maximum absolute atomic E-state index is 13.2. The molecule has 0 bridgehead atoms. The van der Waals surface area contributed by atoms with Gasteiger partial charge in [0.05, 0.1) is 11.6 Å². The maximum atomic E-state index is 13.2. The lowest BCUT2D eigenvalue weighted by molar-refractivity contribution is 0.148. The van der Waals surface area contributed by atoms with Gasteiger partial charge in [0.1, 0.15) is 0 Å². The molecule has 1 unspecified atom stereocenters. The van der Waals surface area contributed by atoms with Gasteiger partial charge in [-0.2, -0.15) is 0 Å². The van der Waals surface area contributed by atoms with Crippen molar-refractivity contribution in [3.05, 3.63) is 87.0 Å². The van der Waals surface area contributed by atoms with Gasteiger partial charge in [0.25, 0.3) is 5.56 Å². The minimum atomic E-state index is -0.251. The molecule has 0 saturated carbocycles. The summed E-state index contributed by atoms with van der Waals surface area (Å²) in [6.45, 7) is 13.8. The van der Waals surface area contributed by atoms with Gasteiger partial charge in [-0.1, -0.05) is 49.7 Å². The number of benzene rings is 2. The maximum Gasteiger partial charge on any atom is 0.252 e. The molecule has 1 N–H and O–H groups in total. The zero-order valence-electron chi connectivity index (χ0n) is 21.7. The van der Waals surface area contributed by atoms with Gasteiger partial charge in [-0.15, -0.1) is 5.10 Å². The minimum Gasteiger partial charge on any atom is -0.322 e. The average Bonchev–Trinajstić information content (AvgIpc) is 3.29. The number of H-pyrrole nitrogens is 1. The molecule has 184 valence electrons. The molecule has 4 aromatic rings. The van der Waals surface area contributed by atoms with Crippen molar-refractivity contribution in [2.45, 2.75) is 79.1 Å². The van der Waals surface area contributed by atoms with E-state index in [1.807, 2.05) is 16.8 Å². The number of hydrogen-bond donors (Lipinski definition) is 1. The molecule has 4 rings (SSSR count). The summed E-state index contributed by atoms with van der Waals surface area (Å²) in [6.07, 6.45) is 1.85. The standard InChI is InChI=1S/C28H36N6O/c1-7-11-25(26-30-31-32-34(26)28(4,5)6)33(17-21-12-9-8-10-13-21)18-22-16-23-20(3)14-19(2)15-24(23)29-27(22)35/h8-10,12-16,25H,7,11,17-18H2,1-6H3,(H,29,35). The van der Waals surface area contributed by atoms with Crippen molar-refractivity contribution in [1.82, 2.24) is 30.1 Å². The summed E-state index contributed by atoms with van der Waals surface area (Å²) in [6, 6.07) is 16.6. The van der Waals surface area contributed by atoms with Crippen LogP contribution in [0.2, 0.25) is 0 Å². The largest absolute Gasteiger partial charge is 0.322 e. The molecule has 1 atom stereocenters. The Balaban J connectivity index is 1.80. The first kappa shape index (κ1) is 24.8. The fourth-order valence-electron chi connectivity index (χ4n) is 4.77. The topological polar surface area (TPSA) is 79.7 Å². The molecule has 0 amide bonds.